The van der Waals surface area contributed by atoms with Gasteiger partial charge in [0.15, 0.2) is 0 Å². The van der Waals surface area contributed by atoms with Gasteiger partial charge in [0.1, 0.15) is 11.6 Å². The number of aromatic nitrogens is 2. The minimum atomic E-state index is -0.161. The van der Waals surface area contributed by atoms with Gasteiger partial charge in [0.2, 0.25) is 0 Å². The maximum absolute atomic E-state index is 13.3. The molecule has 0 saturated heterocycles. The molecular formula is C23H16Cl2N2O2. The van der Waals surface area contributed by atoms with Crippen molar-refractivity contribution >= 4 is 46.3 Å². The van der Waals surface area contributed by atoms with Crippen molar-refractivity contribution in [3.8, 4) is 11.4 Å². The lowest BCUT2D eigenvalue weighted by Gasteiger charge is -2.12. The molecule has 1 aromatic heterocycles. The first-order chi connectivity index (χ1) is 14.1. The second-order valence-electron chi connectivity index (χ2n) is 6.33. The van der Waals surface area contributed by atoms with Gasteiger partial charge in [-0.1, -0.05) is 47.5 Å². The smallest absolute Gasteiger partial charge is 0.266 e. The fourth-order valence-electron chi connectivity index (χ4n) is 3.06. The molecule has 4 aromatic rings. The van der Waals surface area contributed by atoms with E-state index < -0.39 is 0 Å². The molecule has 0 atom stereocenters. The van der Waals surface area contributed by atoms with E-state index in [9.17, 15) is 4.79 Å². The monoisotopic (exact) mass is 422 g/mol. The number of ether oxygens (including phenoxy) is 1. The summed E-state index contributed by atoms with van der Waals surface area (Å²) >= 11 is 12.3. The summed E-state index contributed by atoms with van der Waals surface area (Å²) in [6.07, 6.45) is 3.58. The SMILES string of the molecule is COc1cccc(-n2c(/C=C/c3ccc(Cl)cc3Cl)nc3ccccc3c2=O)c1. The van der Waals surface area contributed by atoms with Crippen LogP contribution in [0.4, 0.5) is 0 Å². The lowest BCUT2D eigenvalue weighted by molar-refractivity contribution is 0.414. The van der Waals surface area contributed by atoms with Gasteiger partial charge in [0, 0.05) is 16.1 Å². The maximum Gasteiger partial charge on any atom is 0.266 e. The summed E-state index contributed by atoms with van der Waals surface area (Å²) in [7, 11) is 1.59. The van der Waals surface area contributed by atoms with Crippen molar-refractivity contribution in [1.82, 2.24) is 9.55 Å². The molecule has 0 unspecified atom stereocenters. The zero-order chi connectivity index (χ0) is 20.4. The van der Waals surface area contributed by atoms with Crippen LogP contribution in [-0.4, -0.2) is 16.7 Å². The van der Waals surface area contributed by atoms with E-state index in [4.69, 9.17) is 32.9 Å². The molecule has 0 spiro atoms. The van der Waals surface area contributed by atoms with Crippen LogP contribution in [-0.2, 0) is 0 Å². The number of hydrogen-bond acceptors (Lipinski definition) is 3. The van der Waals surface area contributed by atoms with Crippen LogP contribution in [0.25, 0.3) is 28.7 Å². The lowest BCUT2D eigenvalue weighted by Crippen LogP contribution is -2.22. The Morgan fingerprint density at radius 3 is 2.59 bits per heavy atom. The number of methoxy groups -OCH3 is 1. The summed E-state index contributed by atoms with van der Waals surface area (Å²) in [6, 6.07) is 19.8. The second-order valence-corrected chi connectivity index (χ2v) is 7.17. The highest BCUT2D eigenvalue weighted by molar-refractivity contribution is 6.35. The zero-order valence-corrected chi connectivity index (χ0v) is 17.0. The van der Waals surface area contributed by atoms with Crippen LogP contribution < -0.4 is 10.3 Å². The number of para-hydroxylation sites is 1. The predicted octanol–water partition coefficient (Wildman–Crippen LogP) is 5.87. The zero-order valence-electron chi connectivity index (χ0n) is 15.5. The molecule has 0 N–H and O–H groups in total. The van der Waals surface area contributed by atoms with Crippen LogP contribution in [0, 0.1) is 0 Å². The van der Waals surface area contributed by atoms with Crippen LogP contribution in [0.2, 0.25) is 10.0 Å². The highest BCUT2D eigenvalue weighted by atomic mass is 35.5. The van der Waals surface area contributed by atoms with Gasteiger partial charge in [0.25, 0.3) is 5.56 Å². The summed E-state index contributed by atoms with van der Waals surface area (Å²) in [5.74, 6) is 1.13. The number of rotatable bonds is 4. The first kappa shape index (κ1) is 19.2. The molecule has 0 aliphatic carbocycles. The molecular weight excluding hydrogens is 407 g/mol. The van der Waals surface area contributed by atoms with E-state index >= 15 is 0 Å². The Balaban J connectivity index is 1.94. The third-order valence-electron chi connectivity index (χ3n) is 4.49. The molecule has 0 fully saturated rings. The Morgan fingerprint density at radius 1 is 0.966 bits per heavy atom. The predicted molar refractivity (Wildman–Crippen MR) is 119 cm³/mol. The van der Waals surface area contributed by atoms with Crippen molar-refractivity contribution in [2.75, 3.05) is 7.11 Å². The molecule has 3 aromatic carbocycles. The molecule has 1 heterocycles. The molecule has 0 amide bonds. The third kappa shape index (κ3) is 3.90. The number of nitrogens with zero attached hydrogens (tertiary/aromatic N) is 2. The molecule has 0 aliphatic rings. The van der Waals surface area contributed by atoms with Crippen molar-refractivity contribution in [3.63, 3.8) is 0 Å². The fourth-order valence-corrected chi connectivity index (χ4v) is 3.53. The normalized spacial score (nSPS) is 11.3. The molecule has 4 rings (SSSR count). The van der Waals surface area contributed by atoms with Gasteiger partial charge >= 0.3 is 0 Å². The van der Waals surface area contributed by atoms with Crippen LogP contribution in [0.1, 0.15) is 11.4 Å². The van der Waals surface area contributed by atoms with E-state index in [0.29, 0.717) is 38.2 Å². The van der Waals surface area contributed by atoms with Gasteiger partial charge in [-0.05, 0) is 54.1 Å². The molecule has 29 heavy (non-hydrogen) atoms. The Morgan fingerprint density at radius 2 is 1.79 bits per heavy atom. The minimum Gasteiger partial charge on any atom is -0.497 e. The van der Waals surface area contributed by atoms with Crippen LogP contribution in [0.5, 0.6) is 5.75 Å². The van der Waals surface area contributed by atoms with Gasteiger partial charge in [-0.15, -0.1) is 0 Å². The average Bonchev–Trinajstić information content (AvgIpc) is 2.73. The maximum atomic E-state index is 13.3. The number of hydrogen-bond donors (Lipinski definition) is 0. The quantitative estimate of drug-likeness (QED) is 0.412. The Hall–Kier alpha value is -3.08. The Kier molecular flexibility index (Phi) is 5.38. The van der Waals surface area contributed by atoms with Crippen molar-refractivity contribution in [2.45, 2.75) is 0 Å². The van der Waals surface area contributed by atoms with Crippen molar-refractivity contribution in [3.05, 3.63) is 98.5 Å². The van der Waals surface area contributed by atoms with E-state index in [1.54, 1.807) is 42.0 Å². The largest absolute Gasteiger partial charge is 0.497 e. The fraction of sp³-hybridized carbons (Fsp3) is 0.0435. The van der Waals surface area contributed by atoms with Crippen molar-refractivity contribution < 1.29 is 4.74 Å². The van der Waals surface area contributed by atoms with Crippen LogP contribution in [0.3, 0.4) is 0 Å². The van der Waals surface area contributed by atoms with Crippen molar-refractivity contribution in [1.29, 1.82) is 0 Å². The Bertz CT molecular complexity index is 1300. The molecule has 144 valence electrons. The average molecular weight is 423 g/mol. The van der Waals surface area contributed by atoms with E-state index in [-0.39, 0.29) is 5.56 Å². The second kappa shape index (κ2) is 8.11. The minimum absolute atomic E-state index is 0.161. The van der Waals surface area contributed by atoms with Gasteiger partial charge in [-0.25, -0.2) is 4.98 Å². The van der Waals surface area contributed by atoms with E-state index in [0.717, 1.165) is 5.56 Å². The first-order valence-corrected chi connectivity index (χ1v) is 9.62. The molecule has 0 aliphatic heterocycles. The summed E-state index contributed by atoms with van der Waals surface area (Å²) in [5, 5.41) is 1.62. The summed E-state index contributed by atoms with van der Waals surface area (Å²) in [6.45, 7) is 0. The summed E-state index contributed by atoms with van der Waals surface area (Å²) in [4.78, 5) is 18.0. The highest BCUT2D eigenvalue weighted by Crippen LogP contribution is 2.24. The number of benzene rings is 3. The topological polar surface area (TPSA) is 44.1 Å². The third-order valence-corrected chi connectivity index (χ3v) is 5.05. The van der Waals surface area contributed by atoms with Gasteiger partial charge in [-0.3, -0.25) is 9.36 Å². The van der Waals surface area contributed by atoms with E-state index in [2.05, 4.69) is 0 Å². The first-order valence-electron chi connectivity index (χ1n) is 8.86. The van der Waals surface area contributed by atoms with E-state index in [1.165, 1.54) is 0 Å². The summed E-state index contributed by atoms with van der Waals surface area (Å²) < 4.78 is 6.88. The Labute approximate surface area is 177 Å². The number of halogens is 2. The highest BCUT2D eigenvalue weighted by Gasteiger charge is 2.12. The van der Waals surface area contributed by atoms with Crippen LogP contribution >= 0.6 is 23.2 Å². The van der Waals surface area contributed by atoms with Gasteiger partial charge < -0.3 is 4.74 Å². The molecule has 0 bridgehead atoms. The van der Waals surface area contributed by atoms with Gasteiger partial charge in [-0.2, -0.15) is 0 Å². The molecule has 0 radical (unpaired) electrons. The van der Waals surface area contributed by atoms with Crippen molar-refractivity contribution in [2.24, 2.45) is 0 Å². The standard InChI is InChI=1S/C23H16Cl2N2O2/c1-29-18-6-4-5-17(14-18)27-22(12-10-15-9-11-16(24)13-20(15)25)26-21-8-3-2-7-19(21)23(27)28/h2-14H,1H3/b12-10+. The molecule has 4 nitrogen and oxygen atoms in total. The summed E-state index contributed by atoms with van der Waals surface area (Å²) in [5.41, 5.74) is 1.90. The molecule has 0 saturated carbocycles. The van der Waals surface area contributed by atoms with E-state index in [1.807, 2.05) is 48.5 Å². The number of fused-ring (bicyclic) bond motifs is 1. The van der Waals surface area contributed by atoms with Crippen LogP contribution in [0.15, 0.2) is 71.5 Å². The lowest BCUT2D eigenvalue weighted by atomic mass is 10.2. The molecule has 6 heteroatoms. The van der Waals surface area contributed by atoms with Gasteiger partial charge in [0.05, 0.1) is 23.7 Å².